The minimum Gasteiger partial charge on any atom is -0.491 e. The summed E-state index contributed by atoms with van der Waals surface area (Å²) >= 11 is 0. The highest BCUT2D eigenvalue weighted by molar-refractivity contribution is 5.96. The first-order valence-corrected chi connectivity index (χ1v) is 5.78. The summed E-state index contributed by atoms with van der Waals surface area (Å²) in [6, 6.07) is 2.38. The standard InChI is InChI=1S/C13H19FN2O3/c1-13(2,16(3)4)7-19-9-6-5-8(14)11(15)10(9)12(17)18/h5-6H,7,15H2,1-4H3,(H,17,18). The Morgan fingerprint density at radius 3 is 2.53 bits per heavy atom. The van der Waals surface area contributed by atoms with E-state index in [4.69, 9.17) is 15.6 Å². The van der Waals surface area contributed by atoms with Gasteiger partial charge in [0.1, 0.15) is 23.7 Å². The van der Waals surface area contributed by atoms with Gasteiger partial charge < -0.3 is 20.5 Å². The third-order valence-corrected chi connectivity index (χ3v) is 3.16. The largest absolute Gasteiger partial charge is 0.491 e. The summed E-state index contributed by atoms with van der Waals surface area (Å²) in [6.07, 6.45) is 0. The molecule has 3 N–H and O–H groups in total. The predicted molar refractivity (Wildman–Crippen MR) is 71.0 cm³/mol. The molecular formula is C13H19FN2O3. The molecule has 0 radical (unpaired) electrons. The van der Waals surface area contributed by atoms with Gasteiger partial charge in [-0.25, -0.2) is 9.18 Å². The Morgan fingerprint density at radius 1 is 1.47 bits per heavy atom. The molecular weight excluding hydrogens is 251 g/mol. The van der Waals surface area contributed by atoms with E-state index < -0.39 is 17.5 Å². The molecule has 6 heteroatoms. The lowest BCUT2D eigenvalue weighted by Gasteiger charge is -2.32. The second kappa shape index (κ2) is 5.44. The number of likely N-dealkylation sites (N-methyl/N-ethyl adjacent to an activating group) is 1. The number of aromatic carboxylic acids is 1. The molecule has 0 saturated heterocycles. The number of rotatable bonds is 5. The molecule has 0 heterocycles. The Balaban J connectivity index is 3.03. The SMILES string of the molecule is CN(C)C(C)(C)COc1ccc(F)c(N)c1C(=O)O. The Bertz CT molecular complexity index is 487. The fourth-order valence-electron chi connectivity index (χ4n) is 1.30. The zero-order valence-corrected chi connectivity index (χ0v) is 11.5. The normalized spacial score (nSPS) is 11.7. The first kappa shape index (κ1) is 15.2. The maximum Gasteiger partial charge on any atom is 0.341 e. The number of anilines is 1. The number of hydrogen-bond acceptors (Lipinski definition) is 4. The second-order valence-electron chi connectivity index (χ2n) is 5.13. The van der Waals surface area contributed by atoms with Crippen LogP contribution in [0, 0.1) is 5.82 Å². The zero-order chi connectivity index (χ0) is 14.8. The molecule has 0 bridgehead atoms. The van der Waals surface area contributed by atoms with Crippen LogP contribution in [0.5, 0.6) is 5.75 Å². The molecule has 0 aliphatic rings. The summed E-state index contributed by atoms with van der Waals surface area (Å²) in [4.78, 5) is 13.1. The predicted octanol–water partition coefficient (Wildman–Crippen LogP) is 1.83. The van der Waals surface area contributed by atoms with E-state index in [0.29, 0.717) is 0 Å². The number of carboxylic acid groups (broad SMARTS) is 1. The van der Waals surface area contributed by atoms with E-state index in [1.54, 1.807) is 0 Å². The summed E-state index contributed by atoms with van der Waals surface area (Å²) in [5.41, 5.74) is 4.40. The molecule has 0 saturated carbocycles. The van der Waals surface area contributed by atoms with Gasteiger partial charge in [0.25, 0.3) is 0 Å². The molecule has 5 nitrogen and oxygen atoms in total. The molecule has 106 valence electrons. The van der Waals surface area contributed by atoms with Crippen LogP contribution < -0.4 is 10.5 Å². The van der Waals surface area contributed by atoms with Crippen LogP contribution in [0.4, 0.5) is 10.1 Å². The second-order valence-corrected chi connectivity index (χ2v) is 5.13. The van der Waals surface area contributed by atoms with Crippen LogP contribution in [0.25, 0.3) is 0 Å². The molecule has 0 aliphatic heterocycles. The van der Waals surface area contributed by atoms with Crippen LogP contribution in [-0.2, 0) is 0 Å². The van der Waals surface area contributed by atoms with Gasteiger partial charge in [0.15, 0.2) is 0 Å². The molecule has 0 unspecified atom stereocenters. The zero-order valence-electron chi connectivity index (χ0n) is 11.5. The van der Waals surface area contributed by atoms with Crippen molar-refractivity contribution in [3.8, 4) is 5.75 Å². The monoisotopic (exact) mass is 270 g/mol. The Morgan fingerprint density at radius 2 is 2.05 bits per heavy atom. The Labute approximate surface area is 111 Å². The number of carbonyl (C=O) groups is 1. The Hall–Kier alpha value is -1.82. The fourth-order valence-corrected chi connectivity index (χ4v) is 1.30. The fraction of sp³-hybridized carbons (Fsp3) is 0.462. The molecule has 0 spiro atoms. The lowest BCUT2D eigenvalue weighted by molar-refractivity contribution is 0.0685. The first-order chi connectivity index (χ1) is 8.66. The van der Waals surface area contributed by atoms with Crippen LogP contribution in [0.1, 0.15) is 24.2 Å². The smallest absolute Gasteiger partial charge is 0.341 e. The van der Waals surface area contributed by atoms with Crippen molar-refractivity contribution in [1.29, 1.82) is 0 Å². The highest BCUT2D eigenvalue weighted by Crippen LogP contribution is 2.28. The quantitative estimate of drug-likeness (QED) is 0.798. The molecule has 0 amide bonds. The summed E-state index contributed by atoms with van der Waals surface area (Å²) in [5.74, 6) is -2.01. The number of carboxylic acids is 1. The summed E-state index contributed by atoms with van der Waals surface area (Å²) in [5, 5.41) is 9.07. The van der Waals surface area contributed by atoms with Gasteiger partial charge in [-0.2, -0.15) is 0 Å². The number of benzene rings is 1. The third-order valence-electron chi connectivity index (χ3n) is 3.16. The molecule has 0 aromatic heterocycles. The van der Waals surface area contributed by atoms with Gasteiger partial charge in [0.05, 0.1) is 5.69 Å². The third kappa shape index (κ3) is 3.35. The van der Waals surface area contributed by atoms with Crippen molar-refractivity contribution in [2.24, 2.45) is 0 Å². The van der Waals surface area contributed by atoms with Crippen molar-refractivity contribution >= 4 is 11.7 Å². The van der Waals surface area contributed by atoms with Gasteiger partial charge >= 0.3 is 5.97 Å². The summed E-state index contributed by atoms with van der Waals surface area (Å²) in [7, 11) is 3.78. The maximum atomic E-state index is 13.3. The number of ether oxygens (including phenoxy) is 1. The lowest BCUT2D eigenvalue weighted by atomic mass is 10.1. The number of halogens is 1. The topological polar surface area (TPSA) is 75.8 Å². The van der Waals surface area contributed by atoms with Crippen LogP contribution in [0.15, 0.2) is 12.1 Å². The van der Waals surface area contributed by atoms with E-state index in [1.165, 1.54) is 6.07 Å². The average Bonchev–Trinajstić information content (AvgIpc) is 2.29. The molecule has 1 rings (SSSR count). The minimum atomic E-state index is -1.31. The molecule has 1 aromatic rings. The number of hydrogen-bond donors (Lipinski definition) is 2. The van der Waals surface area contributed by atoms with E-state index in [-0.39, 0.29) is 23.5 Å². The van der Waals surface area contributed by atoms with E-state index in [0.717, 1.165) is 6.07 Å². The Kier molecular flexibility index (Phi) is 4.36. The van der Waals surface area contributed by atoms with Crippen molar-refractivity contribution in [3.05, 3.63) is 23.5 Å². The average molecular weight is 270 g/mol. The molecule has 19 heavy (non-hydrogen) atoms. The summed E-state index contributed by atoms with van der Waals surface area (Å²) < 4.78 is 18.8. The molecule has 1 aromatic carbocycles. The van der Waals surface area contributed by atoms with Gasteiger partial charge in [-0.05, 0) is 40.1 Å². The van der Waals surface area contributed by atoms with Crippen LogP contribution >= 0.6 is 0 Å². The van der Waals surface area contributed by atoms with Crippen molar-refractivity contribution in [2.75, 3.05) is 26.4 Å². The van der Waals surface area contributed by atoms with Crippen molar-refractivity contribution in [2.45, 2.75) is 19.4 Å². The van der Waals surface area contributed by atoms with E-state index >= 15 is 0 Å². The maximum absolute atomic E-state index is 13.3. The van der Waals surface area contributed by atoms with Crippen LogP contribution in [0.2, 0.25) is 0 Å². The molecule has 0 fully saturated rings. The van der Waals surface area contributed by atoms with Gasteiger partial charge in [0.2, 0.25) is 0 Å². The molecule has 0 atom stereocenters. The van der Waals surface area contributed by atoms with Gasteiger partial charge in [0, 0.05) is 5.54 Å². The summed E-state index contributed by atoms with van der Waals surface area (Å²) in [6.45, 7) is 4.14. The molecule has 0 aliphatic carbocycles. The highest BCUT2D eigenvalue weighted by Gasteiger charge is 2.24. The first-order valence-electron chi connectivity index (χ1n) is 5.78. The highest BCUT2D eigenvalue weighted by atomic mass is 19.1. The van der Waals surface area contributed by atoms with Crippen molar-refractivity contribution in [1.82, 2.24) is 4.90 Å². The van der Waals surface area contributed by atoms with Crippen molar-refractivity contribution < 1.29 is 19.0 Å². The minimum absolute atomic E-state index is 0.0707. The van der Waals surface area contributed by atoms with Gasteiger partial charge in [-0.15, -0.1) is 0 Å². The lowest BCUT2D eigenvalue weighted by Crippen LogP contribution is -2.43. The van der Waals surface area contributed by atoms with Gasteiger partial charge in [-0.1, -0.05) is 0 Å². The number of nitrogens with two attached hydrogens (primary N) is 1. The number of nitrogen functional groups attached to an aromatic ring is 1. The van der Waals surface area contributed by atoms with Crippen LogP contribution in [0.3, 0.4) is 0 Å². The van der Waals surface area contributed by atoms with Crippen molar-refractivity contribution in [3.63, 3.8) is 0 Å². The van der Waals surface area contributed by atoms with Gasteiger partial charge in [-0.3, -0.25) is 0 Å². The number of nitrogens with zero attached hydrogens (tertiary/aromatic N) is 1. The van der Waals surface area contributed by atoms with E-state index in [9.17, 15) is 9.18 Å². The van der Waals surface area contributed by atoms with E-state index in [2.05, 4.69) is 0 Å². The van der Waals surface area contributed by atoms with E-state index in [1.807, 2.05) is 32.8 Å². The van der Waals surface area contributed by atoms with Crippen LogP contribution in [-0.4, -0.2) is 42.2 Å².